The van der Waals surface area contributed by atoms with Gasteiger partial charge in [0, 0.05) is 0 Å². The predicted molar refractivity (Wildman–Crippen MR) is 85.0 cm³/mol. The topological polar surface area (TPSA) is 202 Å². The number of hydrogen-bond donors (Lipinski definition) is 6. The second kappa shape index (κ2) is 10.2. The highest BCUT2D eigenvalue weighted by molar-refractivity contribution is 5.94. The molecule has 3 amide bonds. The van der Waals surface area contributed by atoms with Crippen LogP contribution < -0.4 is 22.1 Å². The zero-order chi connectivity index (χ0) is 19.7. The van der Waals surface area contributed by atoms with E-state index in [1.54, 1.807) is 0 Å². The van der Waals surface area contributed by atoms with Crippen molar-refractivity contribution in [2.24, 2.45) is 17.4 Å². The summed E-state index contributed by atoms with van der Waals surface area (Å²) in [5.74, 6) is -5.59. The smallest absolute Gasteiger partial charge is 0.326 e. The molecule has 0 aliphatic rings. The summed E-state index contributed by atoms with van der Waals surface area (Å²) in [5, 5.41) is 22.0. The maximum absolute atomic E-state index is 12.1. The molecule has 0 rings (SSSR count). The lowest BCUT2D eigenvalue weighted by atomic mass is 10.0. The molecule has 3 atom stereocenters. The number of carboxylic acids is 2. The SMILES string of the molecule is CC(C)C[C@H](N)C(=O)N[C@@H](CC(=O)O)C(=O)N[C@@H](CC(N)=O)C(=O)O. The summed E-state index contributed by atoms with van der Waals surface area (Å²) in [6.45, 7) is 3.66. The molecule has 142 valence electrons. The van der Waals surface area contributed by atoms with E-state index in [-0.39, 0.29) is 5.92 Å². The number of amides is 3. The zero-order valence-electron chi connectivity index (χ0n) is 14.0. The first-order valence-corrected chi connectivity index (χ1v) is 7.53. The standard InChI is InChI=1S/C14H24N4O7/c1-6(2)3-7(15)12(22)17-8(5-11(20)21)13(23)18-9(14(24)25)4-10(16)19/h6-9H,3-5,15H2,1-2H3,(H2,16,19)(H,17,22)(H,18,23)(H,20,21)(H,24,25)/t7-,8-,9-/m0/s1. The molecule has 0 aromatic carbocycles. The Morgan fingerprint density at radius 2 is 1.44 bits per heavy atom. The maximum atomic E-state index is 12.1. The Bertz CT molecular complexity index is 535. The molecule has 0 aliphatic heterocycles. The number of aliphatic carboxylic acids is 2. The van der Waals surface area contributed by atoms with Crippen LogP contribution in [0.1, 0.15) is 33.1 Å². The van der Waals surface area contributed by atoms with Gasteiger partial charge in [-0.25, -0.2) is 4.79 Å². The largest absolute Gasteiger partial charge is 0.481 e. The van der Waals surface area contributed by atoms with Gasteiger partial charge in [0.1, 0.15) is 12.1 Å². The van der Waals surface area contributed by atoms with Crippen LogP contribution in [0.2, 0.25) is 0 Å². The van der Waals surface area contributed by atoms with Crippen molar-refractivity contribution in [2.75, 3.05) is 0 Å². The minimum absolute atomic E-state index is 0.0967. The highest BCUT2D eigenvalue weighted by Gasteiger charge is 2.30. The van der Waals surface area contributed by atoms with Crippen LogP contribution in [0.15, 0.2) is 0 Å². The van der Waals surface area contributed by atoms with Gasteiger partial charge in [-0.1, -0.05) is 13.8 Å². The van der Waals surface area contributed by atoms with Crippen molar-refractivity contribution in [3.63, 3.8) is 0 Å². The number of rotatable bonds is 11. The summed E-state index contributed by atoms with van der Waals surface area (Å²) in [6, 6.07) is -4.13. The number of carbonyl (C=O) groups is 5. The van der Waals surface area contributed by atoms with Gasteiger partial charge in [-0.15, -0.1) is 0 Å². The molecule has 0 spiro atoms. The Morgan fingerprint density at radius 3 is 1.84 bits per heavy atom. The van der Waals surface area contributed by atoms with E-state index in [0.717, 1.165) is 0 Å². The Hall–Kier alpha value is -2.69. The van der Waals surface area contributed by atoms with E-state index in [1.807, 2.05) is 19.2 Å². The minimum Gasteiger partial charge on any atom is -0.481 e. The van der Waals surface area contributed by atoms with Crippen molar-refractivity contribution < 1.29 is 34.2 Å². The molecule has 0 heterocycles. The van der Waals surface area contributed by atoms with Crippen LogP contribution in [0, 0.1) is 5.92 Å². The summed E-state index contributed by atoms with van der Waals surface area (Å²) in [4.78, 5) is 56.8. The van der Waals surface area contributed by atoms with E-state index in [9.17, 15) is 24.0 Å². The predicted octanol–water partition coefficient (Wildman–Crippen LogP) is -2.24. The van der Waals surface area contributed by atoms with Crippen molar-refractivity contribution in [3.05, 3.63) is 0 Å². The lowest BCUT2D eigenvalue weighted by Crippen LogP contribution is -2.55. The Morgan fingerprint density at radius 1 is 0.920 bits per heavy atom. The molecule has 0 fully saturated rings. The molecule has 0 bridgehead atoms. The number of primary amides is 1. The van der Waals surface area contributed by atoms with Crippen LogP contribution in [-0.4, -0.2) is 58.0 Å². The summed E-state index contributed by atoms with van der Waals surface area (Å²) in [6.07, 6.45) is -1.15. The summed E-state index contributed by atoms with van der Waals surface area (Å²) < 4.78 is 0. The van der Waals surface area contributed by atoms with Crippen LogP contribution in [0.5, 0.6) is 0 Å². The first-order valence-electron chi connectivity index (χ1n) is 7.53. The van der Waals surface area contributed by atoms with Crippen molar-refractivity contribution in [2.45, 2.75) is 51.2 Å². The van der Waals surface area contributed by atoms with Crippen LogP contribution in [-0.2, 0) is 24.0 Å². The fraction of sp³-hybridized carbons (Fsp3) is 0.643. The monoisotopic (exact) mass is 360 g/mol. The average Bonchev–Trinajstić information content (AvgIpc) is 2.43. The van der Waals surface area contributed by atoms with Crippen LogP contribution in [0.25, 0.3) is 0 Å². The molecule has 0 aromatic heterocycles. The molecular formula is C14H24N4O7. The first kappa shape index (κ1) is 22.3. The van der Waals surface area contributed by atoms with E-state index in [0.29, 0.717) is 6.42 Å². The van der Waals surface area contributed by atoms with Crippen molar-refractivity contribution in [1.29, 1.82) is 0 Å². The van der Waals surface area contributed by atoms with Crippen LogP contribution in [0.4, 0.5) is 0 Å². The Balaban J connectivity index is 5.08. The number of carboxylic acid groups (broad SMARTS) is 2. The Kier molecular flexibility index (Phi) is 9.13. The van der Waals surface area contributed by atoms with Gasteiger partial charge in [0.05, 0.1) is 18.9 Å². The van der Waals surface area contributed by atoms with Gasteiger partial charge in [0.2, 0.25) is 17.7 Å². The van der Waals surface area contributed by atoms with Gasteiger partial charge < -0.3 is 32.3 Å². The number of nitrogens with two attached hydrogens (primary N) is 2. The average molecular weight is 360 g/mol. The van der Waals surface area contributed by atoms with Crippen molar-refractivity contribution in [1.82, 2.24) is 10.6 Å². The van der Waals surface area contributed by atoms with Crippen molar-refractivity contribution >= 4 is 29.7 Å². The third-order valence-electron chi connectivity index (χ3n) is 3.09. The molecule has 0 aromatic rings. The van der Waals surface area contributed by atoms with E-state index in [4.69, 9.17) is 21.7 Å². The molecule has 0 aliphatic carbocycles. The van der Waals surface area contributed by atoms with E-state index >= 15 is 0 Å². The number of carbonyl (C=O) groups excluding carboxylic acids is 3. The fourth-order valence-corrected chi connectivity index (χ4v) is 1.95. The van der Waals surface area contributed by atoms with Crippen molar-refractivity contribution in [3.8, 4) is 0 Å². The molecule has 0 radical (unpaired) electrons. The molecule has 8 N–H and O–H groups in total. The lowest BCUT2D eigenvalue weighted by molar-refractivity contribution is -0.144. The van der Waals surface area contributed by atoms with Gasteiger partial charge in [0.25, 0.3) is 0 Å². The quantitative estimate of drug-likeness (QED) is 0.237. The minimum atomic E-state index is -1.64. The highest BCUT2D eigenvalue weighted by atomic mass is 16.4. The first-order chi connectivity index (χ1) is 11.4. The lowest BCUT2D eigenvalue weighted by Gasteiger charge is -2.22. The fourth-order valence-electron chi connectivity index (χ4n) is 1.95. The molecule has 11 nitrogen and oxygen atoms in total. The molecule has 11 heteroatoms. The zero-order valence-corrected chi connectivity index (χ0v) is 14.0. The maximum Gasteiger partial charge on any atom is 0.326 e. The molecule has 0 saturated carbocycles. The van der Waals surface area contributed by atoms with Crippen LogP contribution >= 0.6 is 0 Å². The summed E-state index contributed by atoms with van der Waals surface area (Å²) >= 11 is 0. The molecule has 0 saturated heterocycles. The summed E-state index contributed by atoms with van der Waals surface area (Å²) in [7, 11) is 0. The highest BCUT2D eigenvalue weighted by Crippen LogP contribution is 2.04. The van der Waals surface area contributed by atoms with E-state index in [1.165, 1.54) is 0 Å². The van der Waals surface area contributed by atoms with Crippen LogP contribution in [0.3, 0.4) is 0 Å². The molecular weight excluding hydrogens is 336 g/mol. The third kappa shape index (κ3) is 9.25. The second-order valence-corrected chi connectivity index (χ2v) is 5.96. The number of hydrogen-bond acceptors (Lipinski definition) is 6. The van der Waals surface area contributed by atoms with Gasteiger partial charge in [0.15, 0.2) is 0 Å². The molecule has 25 heavy (non-hydrogen) atoms. The van der Waals surface area contributed by atoms with Gasteiger partial charge in [-0.05, 0) is 12.3 Å². The normalized spacial score (nSPS) is 14.2. The Labute approximate surface area is 144 Å². The number of nitrogens with one attached hydrogen (secondary N) is 2. The third-order valence-corrected chi connectivity index (χ3v) is 3.09. The van der Waals surface area contributed by atoms with E-state index < -0.39 is 60.6 Å². The molecule has 0 unspecified atom stereocenters. The van der Waals surface area contributed by atoms with Gasteiger partial charge >= 0.3 is 11.9 Å². The van der Waals surface area contributed by atoms with Gasteiger partial charge in [-0.3, -0.25) is 19.2 Å². The van der Waals surface area contributed by atoms with E-state index in [2.05, 4.69) is 5.32 Å². The summed E-state index contributed by atoms with van der Waals surface area (Å²) in [5.41, 5.74) is 10.6. The second-order valence-electron chi connectivity index (χ2n) is 5.96. The van der Waals surface area contributed by atoms with Gasteiger partial charge in [-0.2, -0.15) is 0 Å².